The van der Waals surface area contributed by atoms with Gasteiger partial charge in [0.25, 0.3) is 0 Å². The van der Waals surface area contributed by atoms with E-state index in [2.05, 4.69) is 20.9 Å². The van der Waals surface area contributed by atoms with E-state index in [0.29, 0.717) is 0 Å². The van der Waals surface area contributed by atoms with Gasteiger partial charge in [-0.25, -0.2) is 9.78 Å². The van der Waals surface area contributed by atoms with Crippen LogP contribution in [0, 0.1) is 0 Å². The van der Waals surface area contributed by atoms with Crippen LogP contribution < -0.4 is 0 Å². The van der Waals surface area contributed by atoms with Crippen LogP contribution in [-0.4, -0.2) is 16.1 Å². The van der Waals surface area contributed by atoms with Crippen molar-refractivity contribution in [1.29, 1.82) is 0 Å². The van der Waals surface area contributed by atoms with E-state index in [4.69, 9.17) is 5.11 Å². The second-order valence-electron chi connectivity index (χ2n) is 4.40. The number of nitrogens with zero attached hydrogens (tertiary/aromatic N) is 1. The summed E-state index contributed by atoms with van der Waals surface area (Å²) in [6.45, 7) is 0. The molecule has 1 N–H and O–H groups in total. The second-order valence-corrected chi connectivity index (χ2v) is 6.12. The number of hydrogen-bond acceptors (Lipinski definition) is 3. The Hall–Kier alpha value is -1.98. The molecule has 21 heavy (non-hydrogen) atoms. The average Bonchev–Trinajstić information content (AvgIpc) is 2.97. The minimum atomic E-state index is -0.932. The minimum Gasteiger partial charge on any atom is -0.478 e. The predicted molar refractivity (Wildman–Crippen MR) is 87.6 cm³/mol. The Morgan fingerprint density at radius 3 is 2.71 bits per heavy atom. The molecule has 1 heterocycles. The summed E-state index contributed by atoms with van der Waals surface area (Å²) < 4.78 is 0.991. The normalized spacial score (nSPS) is 10.5. The third-order valence-corrected chi connectivity index (χ3v) is 4.58. The van der Waals surface area contributed by atoms with Gasteiger partial charge in [0, 0.05) is 21.0 Å². The molecule has 0 aliphatic rings. The molecule has 0 radical (unpaired) electrons. The molecule has 0 saturated heterocycles. The smallest absolute Gasteiger partial charge is 0.335 e. The Kier molecular flexibility index (Phi) is 3.86. The summed E-state index contributed by atoms with van der Waals surface area (Å²) in [5.74, 6) is -0.932. The highest BCUT2D eigenvalue weighted by Gasteiger charge is 2.10. The lowest BCUT2D eigenvalue weighted by molar-refractivity contribution is 0.0697. The fraction of sp³-hybridized carbons (Fsp3) is 0. The van der Waals surface area contributed by atoms with Gasteiger partial charge < -0.3 is 5.11 Å². The molecule has 1 aromatic heterocycles. The number of benzene rings is 2. The standard InChI is InChI=1S/C16H10BrNO2S/c17-13-7-2-1-6-12(13)15-18-14(9-21-15)10-4-3-5-11(8-10)16(19)20/h1-9H,(H,19,20). The van der Waals surface area contributed by atoms with Gasteiger partial charge in [0.1, 0.15) is 5.01 Å². The van der Waals surface area contributed by atoms with Crippen LogP contribution in [0.25, 0.3) is 21.8 Å². The van der Waals surface area contributed by atoms with E-state index in [1.54, 1.807) is 18.2 Å². The molecule has 0 spiro atoms. The van der Waals surface area contributed by atoms with Gasteiger partial charge in [-0.1, -0.05) is 46.3 Å². The first-order chi connectivity index (χ1) is 10.1. The van der Waals surface area contributed by atoms with Gasteiger partial charge in [-0.05, 0) is 18.2 Å². The molecule has 0 unspecified atom stereocenters. The molecule has 0 amide bonds. The summed E-state index contributed by atoms with van der Waals surface area (Å²) in [4.78, 5) is 15.6. The molecule has 5 heteroatoms. The van der Waals surface area contributed by atoms with Crippen molar-refractivity contribution >= 4 is 33.2 Å². The van der Waals surface area contributed by atoms with Gasteiger partial charge in [0.05, 0.1) is 11.3 Å². The summed E-state index contributed by atoms with van der Waals surface area (Å²) in [5, 5.41) is 11.9. The van der Waals surface area contributed by atoms with Crippen LogP contribution in [0.5, 0.6) is 0 Å². The van der Waals surface area contributed by atoms with Crippen molar-refractivity contribution in [2.75, 3.05) is 0 Å². The maximum Gasteiger partial charge on any atom is 0.335 e. The summed E-state index contributed by atoms with van der Waals surface area (Å²) >= 11 is 5.06. The number of halogens is 1. The Morgan fingerprint density at radius 1 is 1.14 bits per heavy atom. The van der Waals surface area contributed by atoms with E-state index in [1.165, 1.54) is 11.3 Å². The molecule has 0 bridgehead atoms. The molecular weight excluding hydrogens is 350 g/mol. The number of carboxylic acid groups (broad SMARTS) is 1. The van der Waals surface area contributed by atoms with Crippen molar-refractivity contribution in [3.8, 4) is 21.8 Å². The van der Waals surface area contributed by atoms with E-state index in [1.807, 2.05) is 35.7 Å². The lowest BCUT2D eigenvalue weighted by atomic mass is 10.1. The number of carbonyl (C=O) groups is 1. The lowest BCUT2D eigenvalue weighted by Gasteiger charge is -2.00. The largest absolute Gasteiger partial charge is 0.478 e. The molecular formula is C16H10BrNO2S. The second kappa shape index (κ2) is 5.79. The monoisotopic (exact) mass is 359 g/mol. The van der Waals surface area contributed by atoms with Crippen molar-refractivity contribution in [3.05, 3.63) is 63.9 Å². The number of aromatic nitrogens is 1. The highest BCUT2D eigenvalue weighted by molar-refractivity contribution is 9.10. The minimum absolute atomic E-state index is 0.267. The number of carboxylic acids is 1. The number of hydrogen-bond donors (Lipinski definition) is 1. The third kappa shape index (κ3) is 2.89. The molecule has 0 saturated carbocycles. The molecule has 3 nitrogen and oxygen atoms in total. The van der Waals surface area contributed by atoms with Gasteiger partial charge in [-0.2, -0.15) is 0 Å². The fourth-order valence-electron chi connectivity index (χ4n) is 1.98. The SMILES string of the molecule is O=C(O)c1cccc(-c2csc(-c3ccccc3Br)n2)c1. The summed E-state index contributed by atoms with van der Waals surface area (Å²) in [6, 6.07) is 14.7. The van der Waals surface area contributed by atoms with Gasteiger partial charge in [0.2, 0.25) is 0 Å². The molecule has 0 atom stereocenters. The lowest BCUT2D eigenvalue weighted by Crippen LogP contribution is -1.95. The van der Waals surface area contributed by atoms with E-state index in [9.17, 15) is 4.79 Å². The molecule has 3 aromatic rings. The quantitative estimate of drug-likeness (QED) is 0.720. The highest BCUT2D eigenvalue weighted by atomic mass is 79.9. The van der Waals surface area contributed by atoms with Crippen LogP contribution in [0.2, 0.25) is 0 Å². The van der Waals surface area contributed by atoms with Crippen molar-refractivity contribution in [2.24, 2.45) is 0 Å². The van der Waals surface area contributed by atoms with Crippen molar-refractivity contribution < 1.29 is 9.90 Å². The van der Waals surface area contributed by atoms with Crippen molar-refractivity contribution in [3.63, 3.8) is 0 Å². The first-order valence-corrected chi connectivity index (χ1v) is 7.86. The van der Waals surface area contributed by atoms with Crippen LogP contribution in [0.3, 0.4) is 0 Å². The number of thiazole rings is 1. The predicted octanol–water partition coefficient (Wildman–Crippen LogP) is 4.94. The first-order valence-electron chi connectivity index (χ1n) is 6.19. The third-order valence-electron chi connectivity index (χ3n) is 3.01. The highest BCUT2D eigenvalue weighted by Crippen LogP contribution is 2.33. The molecule has 3 rings (SSSR count). The maximum absolute atomic E-state index is 11.0. The Balaban J connectivity index is 2.01. The van der Waals surface area contributed by atoms with Gasteiger partial charge in [-0.15, -0.1) is 11.3 Å². The zero-order valence-electron chi connectivity index (χ0n) is 10.8. The van der Waals surface area contributed by atoms with Crippen molar-refractivity contribution in [1.82, 2.24) is 4.98 Å². The van der Waals surface area contributed by atoms with Crippen LogP contribution >= 0.6 is 27.3 Å². The van der Waals surface area contributed by atoms with Gasteiger partial charge >= 0.3 is 5.97 Å². The zero-order chi connectivity index (χ0) is 14.8. The van der Waals surface area contributed by atoms with Gasteiger partial charge in [0.15, 0.2) is 0 Å². The molecule has 0 aliphatic heterocycles. The zero-order valence-corrected chi connectivity index (χ0v) is 13.2. The van der Waals surface area contributed by atoms with E-state index >= 15 is 0 Å². The van der Waals surface area contributed by atoms with E-state index in [0.717, 1.165) is 26.3 Å². The van der Waals surface area contributed by atoms with Crippen LogP contribution in [-0.2, 0) is 0 Å². The van der Waals surface area contributed by atoms with Crippen LogP contribution in [0.1, 0.15) is 10.4 Å². The molecule has 2 aromatic carbocycles. The molecule has 104 valence electrons. The van der Waals surface area contributed by atoms with Gasteiger partial charge in [-0.3, -0.25) is 0 Å². The van der Waals surface area contributed by atoms with Crippen LogP contribution in [0.4, 0.5) is 0 Å². The first kappa shape index (κ1) is 14.0. The Labute approximate surface area is 134 Å². The summed E-state index contributed by atoms with van der Waals surface area (Å²) in [5.41, 5.74) is 2.89. The molecule has 0 fully saturated rings. The average molecular weight is 360 g/mol. The maximum atomic E-state index is 11.0. The topological polar surface area (TPSA) is 50.2 Å². The Bertz CT molecular complexity index is 813. The van der Waals surface area contributed by atoms with Crippen molar-refractivity contribution in [2.45, 2.75) is 0 Å². The van der Waals surface area contributed by atoms with E-state index < -0.39 is 5.97 Å². The molecule has 0 aliphatic carbocycles. The Morgan fingerprint density at radius 2 is 1.95 bits per heavy atom. The summed E-state index contributed by atoms with van der Waals surface area (Å²) in [7, 11) is 0. The summed E-state index contributed by atoms with van der Waals surface area (Å²) in [6.07, 6.45) is 0. The number of aromatic carboxylic acids is 1. The van der Waals surface area contributed by atoms with E-state index in [-0.39, 0.29) is 5.56 Å². The van der Waals surface area contributed by atoms with Crippen LogP contribution in [0.15, 0.2) is 58.4 Å². The number of rotatable bonds is 3. The fourth-order valence-corrected chi connectivity index (χ4v) is 3.45.